The van der Waals surface area contributed by atoms with Crippen molar-refractivity contribution in [1.29, 1.82) is 0 Å². The van der Waals surface area contributed by atoms with Crippen molar-refractivity contribution in [3.63, 3.8) is 0 Å². The zero-order valence-electron chi connectivity index (χ0n) is 16.4. The standard InChI is InChI=1S/C19H38O4Si/c1-19(2,3)24(4,5)23-17(16-13-11-15-22-16)12-9-7-6-8-10-14-18(20)21/h16-17H,6-15H2,1-5H3,(H,20,21). The molecule has 2 atom stereocenters. The number of hydrogen-bond acceptors (Lipinski definition) is 3. The highest BCUT2D eigenvalue weighted by Crippen LogP contribution is 2.39. The van der Waals surface area contributed by atoms with Crippen LogP contribution in [0.1, 0.15) is 78.6 Å². The van der Waals surface area contributed by atoms with Crippen molar-refractivity contribution in [2.75, 3.05) is 6.61 Å². The number of ether oxygens (including phenoxy) is 1. The van der Waals surface area contributed by atoms with Crippen LogP contribution in [0.5, 0.6) is 0 Å². The molecule has 0 aromatic rings. The molecule has 0 bridgehead atoms. The van der Waals surface area contributed by atoms with E-state index in [1.165, 1.54) is 0 Å². The van der Waals surface area contributed by atoms with Crippen molar-refractivity contribution in [3.05, 3.63) is 0 Å². The Hall–Kier alpha value is -0.393. The fourth-order valence-corrected chi connectivity index (χ4v) is 4.30. The van der Waals surface area contributed by atoms with Crippen LogP contribution in [-0.4, -0.2) is 38.2 Å². The fourth-order valence-electron chi connectivity index (χ4n) is 2.92. The molecule has 1 heterocycles. The minimum Gasteiger partial charge on any atom is -0.481 e. The maximum Gasteiger partial charge on any atom is 0.303 e. The van der Waals surface area contributed by atoms with E-state index in [0.29, 0.717) is 6.42 Å². The predicted molar refractivity (Wildman–Crippen MR) is 101 cm³/mol. The lowest BCUT2D eigenvalue weighted by atomic mass is 10.0. The zero-order valence-corrected chi connectivity index (χ0v) is 17.4. The lowest BCUT2D eigenvalue weighted by Crippen LogP contribution is -2.47. The summed E-state index contributed by atoms with van der Waals surface area (Å²) in [5.41, 5.74) is 0. The van der Waals surface area contributed by atoms with Crippen molar-refractivity contribution >= 4 is 14.3 Å². The van der Waals surface area contributed by atoms with E-state index in [1.54, 1.807) is 0 Å². The van der Waals surface area contributed by atoms with E-state index < -0.39 is 14.3 Å². The first-order valence-corrected chi connectivity index (χ1v) is 12.6. The Bertz CT molecular complexity index is 370. The first-order valence-electron chi connectivity index (χ1n) is 9.65. The lowest BCUT2D eigenvalue weighted by Gasteiger charge is -2.40. The van der Waals surface area contributed by atoms with Crippen LogP contribution in [0, 0.1) is 0 Å². The molecule has 0 radical (unpaired) electrons. The van der Waals surface area contributed by atoms with Crippen molar-refractivity contribution in [2.45, 2.75) is 109 Å². The van der Waals surface area contributed by atoms with Gasteiger partial charge in [0.05, 0.1) is 12.2 Å². The van der Waals surface area contributed by atoms with Crippen LogP contribution >= 0.6 is 0 Å². The number of carboxylic acid groups (broad SMARTS) is 1. The Kier molecular flexibility index (Phi) is 8.95. The average Bonchev–Trinajstić information content (AvgIpc) is 2.97. The van der Waals surface area contributed by atoms with Crippen molar-refractivity contribution in [2.24, 2.45) is 0 Å². The van der Waals surface area contributed by atoms with Gasteiger partial charge in [0, 0.05) is 13.0 Å². The minimum absolute atomic E-state index is 0.223. The Labute approximate surface area is 149 Å². The summed E-state index contributed by atoms with van der Waals surface area (Å²) in [5, 5.41) is 8.88. The predicted octanol–water partition coefficient (Wildman–Crippen LogP) is 5.37. The average molecular weight is 359 g/mol. The molecule has 5 heteroatoms. The molecule has 4 nitrogen and oxygen atoms in total. The highest BCUT2D eigenvalue weighted by atomic mass is 28.4. The quantitative estimate of drug-likeness (QED) is 0.398. The molecule has 0 spiro atoms. The maximum atomic E-state index is 10.5. The van der Waals surface area contributed by atoms with Gasteiger partial charge in [-0.05, 0) is 43.8 Å². The monoisotopic (exact) mass is 358 g/mol. The van der Waals surface area contributed by atoms with Gasteiger partial charge in [-0.2, -0.15) is 0 Å². The third kappa shape index (κ3) is 7.66. The molecule has 0 aromatic heterocycles. The van der Waals surface area contributed by atoms with Gasteiger partial charge in [-0.3, -0.25) is 4.79 Å². The van der Waals surface area contributed by atoms with E-state index in [2.05, 4.69) is 33.9 Å². The number of carbonyl (C=O) groups is 1. The first kappa shape index (κ1) is 21.6. The zero-order chi connectivity index (χ0) is 18.2. The molecule has 0 aliphatic carbocycles. The molecule has 0 amide bonds. The van der Waals surface area contributed by atoms with Crippen LogP contribution in [0.3, 0.4) is 0 Å². The van der Waals surface area contributed by atoms with Crippen LogP contribution in [-0.2, 0) is 14.0 Å². The van der Waals surface area contributed by atoms with Gasteiger partial charge in [0.15, 0.2) is 8.32 Å². The van der Waals surface area contributed by atoms with Crippen molar-refractivity contribution in [3.8, 4) is 0 Å². The molecule has 1 fully saturated rings. The second kappa shape index (κ2) is 9.93. The topological polar surface area (TPSA) is 55.8 Å². The molecular weight excluding hydrogens is 320 g/mol. The van der Waals surface area contributed by atoms with Gasteiger partial charge in [-0.1, -0.05) is 46.5 Å². The molecule has 0 aromatic carbocycles. The van der Waals surface area contributed by atoms with Gasteiger partial charge in [-0.15, -0.1) is 0 Å². The molecule has 0 saturated carbocycles. The third-order valence-electron chi connectivity index (χ3n) is 5.51. The molecule has 24 heavy (non-hydrogen) atoms. The van der Waals surface area contributed by atoms with Crippen molar-refractivity contribution < 1.29 is 19.1 Å². The molecule has 1 N–H and O–H groups in total. The van der Waals surface area contributed by atoms with E-state index >= 15 is 0 Å². The molecule has 1 saturated heterocycles. The molecule has 2 unspecified atom stereocenters. The minimum atomic E-state index is -1.77. The number of carboxylic acids is 1. The second-order valence-corrected chi connectivity index (χ2v) is 13.4. The lowest BCUT2D eigenvalue weighted by molar-refractivity contribution is -0.137. The number of unbranched alkanes of at least 4 members (excludes halogenated alkanes) is 4. The largest absolute Gasteiger partial charge is 0.481 e. The Morgan fingerprint density at radius 1 is 1.21 bits per heavy atom. The van der Waals surface area contributed by atoms with E-state index in [1.807, 2.05) is 0 Å². The van der Waals surface area contributed by atoms with Gasteiger partial charge in [0.1, 0.15) is 0 Å². The van der Waals surface area contributed by atoms with Crippen molar-refractivity contribution in [1.82, 2.24) is 0 Å². The number of aliphatic carboxylic acids is 1. The summed E-state index contributed by atoms with van der Waals surface area (Å²) in [7, 11) is -1.77. The van der Waals surface area contributed by atoms with Crippen LogP contribution in [0.2, 0.25) is 18.1 Å². The highest BCUT2D eigenvalue weighted by Gasteiger charge is 2.41. The summed E-state index contributed by atoms with van der Waals surface area (Å²) in [6.45, 7) is 12.4. The van der Waals surface area contributed by atoms with E-state index in [0.717, 1.165) is 58.0 Å². The van der Waals surface area contributed by atoms with E-state index in [-0.39, 0.29) is 17.2 Å². The summed E-state index contributed by atoms with van der Waals surface area (Å²) in [4.78, 5) is 10.5. The number of hydrogen-bond donors (Lipinski definition) is 1. The summed E-state index contributed by atoms with van der Waals surface area (Å²) in [6.07, 6.45) is 9.36. The Balaban J connectivity index is 2.39. The first-order chi connectivity index (χ1) is 11.1. The Morgan fingerprint density at radius 3 is 2.38 bits per heavy atom. The van der Waals surface area contributed by atoms with Gasteiger partial charge in [-0.25, -0.2) is 0 Å². The summed E-state index contributed by atoms with van der Waals surface area (Å²) < 4.78 is 12.6. The molecule has 1 aliphatic heterocycles. The van der Waals surface area contributed by atoms with Gasteiger partial charge in [0.2, 0.25) is 0 Å². The highest BCUT2D eigenvalue weighted by molar-refractivity contribution is 6.74. The molecule has 142 valence electrons. The van der Waals surface area contributed by atoms with Crippen LogP contribution < -0.4 is 0 Å². The second-order valence-electron chi connectivity index (χ2n) is 8.67. The van der Waals surface area contributed by atoms with Gasteiger partial charge in [0.25, 0.3) is 0 Å². The van der Waals surface area contributed by atoms with E-state index in [9.17, 15) is 4.79 Å². The smallest absolute Gasteiger partial charge is 0.303 e. The normalized spacial score (nSPS) is 20.3. The van der Waals surface area contributed by atoms with Crippen LogP contribution in [0.15, 0.2) is 0 Å². The fraction of sp³-hybridized carbons (Fsp3) is 0.947. The molecule has 1 rings (SSSR count). The Morgan fingerprint density at radius 2 is 1.83 bits per heavy atom. The van der Waals surface area contributed by atoms with E-state index in [4.69, 9.17) is 14.3 Å². The molecular formula is C19H38O4Si. The van der Waals surface area contributed by atoms with Gasteiger partial charge >= 0.3 is 5.97 Å². The van der Waals surface area contributed by atoms with Gasteiger partial charge < -0.3 is 14.3 Å². The summed E-state index contributed by atoms with van der Waals surface area (Å²) >= 11 is 0. The third-order valence-corrected chi connectivity index (χ3v) is 10.0. The van der Waals surface area contributed by atoms with Crippen LogP contribution in [0.4, 0.5) is 0 Å². The SMILES string of the molecule is CC(C)(C)[Si](C)(C)OC(CCCCCCCC(=O)O)C1CCCO1. The van der Waals surface area contributed by atoms with Crippen LogP contribution in [0.25, 0.3) is 0 Å². The maximum absolute atomic E-state index is 10.5. The molecule has 1 aliphatic rings. The summed E-state index contributed by atoms with van der Waals surface area (Å²) in [5.74, 6) is -0.684. The number of rotatable bonds is 11. The summed E-state index contributed by atoms with van der Waals surface area (Å²) in [6, 6.07) is 0.